The Bertz CT molecular complexity index is 559. The predicted octanol–water partition coefficient (Wildman–Crippen LogP) is 2.05. The van der Waals surface area contributed by atoms with Crippen LogP contribution < -0.4 is 5.73 Å². The molecule has 17 heavy (non-hydrogen) atoms. The lowest BCUT2D eigenvalue weighted by molar-refractivity contribution is 0.624. The Morgan fingerprint density at radius 1 is 1.35 bits per heavy atom. The van der Waals surface area contributed by atoms with Crippen LogP contribution in [0.1, 0.15) is 5.56 Å². The van der Waals surface area contributed by atoms with E-state index in [0.29, 0.717) is 15.5 Å². The van der Waals surface area contributed by atoms with Crippen molar-refractivity contribution in [2.24, 2.45) is 5.73 Å². The molecule has 2 rings (SSSR count). The first-order chi connectivity index (χ1) is 8.16. The summed E-state index contributed by atoms with van der Waals surface area (Å²) >= 11 is 1.22. The molecule has 0 atom stereocenters. The highest BCUT2D eigenvalue weighted by molar-refractivity contribution is 7.99. The van der Waals surface area contributed by atoms with Crippen LogP contribution in [0.2, 0.25) is 0 Å². The number of halogens is 1. The van der Waals surface area contributed by atoms with Gasteiger partial charge < -0.3 is 5.73 Å². The van der Waals surface area contributed by atoms with Crippen molar-refractivity contribution in [3.05, 3.63) is 47.9 Å². The van der Waals surface area contributed by atoms with Crippen molar-refractivity contribution in [1.29, 1.82) is 5.41 Å². The summed E-state index contributed by atoms with van der Waals surface area (Å²) in [7, 11) is 0. The highest BCUT2D eigenvalue weighted by atomic mass is 32.2. The molecule has 0 aliphatic rings. The number of nitrogens with one attached hydrogen (secondary N) is 1. The molecule has 0 spiro atoms. The fraction of sp³-hybridized carbons (Fsp3) is 0. The minimum atomic E-state index is -0.316. The van der Waals surface area contributed by atoms with Gasteiger partial charge in [0, 0.05) is 4.90 Å². The zero-order chi connectivity index (χ0) is 12.3. The van der Waals surface area contributed by atoms with Gasteiger partial charge in [-0.3, -0.25) is 5.41 Å². The lowest BCUT2D eigenvalue weighted by Crippen LogP contribution is -2.13. The molecule has 0 amide bonds. The monoisotopic (exact) mass is 248 g/mol. The summed E-state index contributed by atoms with van der Waals surface area (Å²) in [5, 5.41) is 15.5. The molecule has 0 fully saturated rings. The Kier molecular flexibility index (Phi) is 3.34. The first-order valence-corrected chi connectivity index (χ1v) is 5.58. The second kappa shape index (κ2) is 4.92. The van der Waals surface area contributed by atoms with Crippen LogP contribution in [0, 0.1) is 11.2 Å². The van der Waals surface area contributed by atoms with Gasteiger partial charge in [0.05, 0.1) is 11.8 Å². The minimum Gasteiger partial charge on any atom is -0.384 e. The summed E-state index contributed by atoms with van der Waals surface area (Å²) in [5.74, 6) is -0.401. The van der Waals surface area contributed by atoms with Gasteiger partial charge in [0.15, 0.2) is 0 Å². The van der Waals surface area contributed by atoms with Crippen LogP contribution >= 0.6 is 11.8 Å². The van der Waals surface area contributed by atoms with Crippen molar-refractivity contribution >= 4 is 17.6 Å². The quantitative estimate of drug-likeness (QED) is 0.644. The minimum absolute atomic E-state index is 0.0844. The fourth-order valence-corrected chi connectivity index (χ4v) is 2.16. The van der Waals surface area contributed by atoms with Crippen molar-refractivity contribution in [3.8, 4) is 0 Å². The summed E-state index contributed by atoms with van der Waals surface area (Å²) in [4.78, 5) is 0.688. The Labute approximate surface area is 102 Å². The van der Waals surface area contributed by atoms with Crippen molar-refractivity contribution in [2.45, 2.75) is 9.92 Å². The zero-order valence-corrected chi connectivity index (χ0v) is 9.54. The lowest BCUT2D eigenvalue weighted by Gasteiger charge is -2.05. The molecular weight excluding hydrogens is 239 g/mol. The second-order valence-electron chi connectivity index (χ2n) is 3.22. The summed E-state index contributed by atoms with van der Waals surface area (Å²) in [6, 6.07) is 7.74. The fourth-order valence-electron chi connectivity index (χ4n) is 1.24. The van der Waals surface area contributed by atoms with Crippen LogP contribution in [-0.2, 0) is 0 Å². The third kappa shape index (κ3) is 2.79. The first-order valence-electron chi connectivity index (χ1n) is 4.76. The maximum absolute atomic E-state index is 13.0. The highest BCUT2D eigenvalue weighted by Gasteiger charge is 2.09. The van der Waals surface area contributed by atoms with Gasteiger partial charge in [-0.1, -0.05) is 17.8 Å². The molecule has 0 saturated carbocycles. The summed E-state index contributed by atoms with van der Waals surface area (Å²) < 4.78 is 13.0. The molecule has 0 unspecified atom stereocenters. The predicted molar refractivity (Wildman–Crippen MR) is 63.6 cm³/mol. The summed E-state index contributed by atoms with van der Waals surface area (Å²) in [6.07, 6.45) is 1.46. The van der Waals surface area contributed by atoms with Crippen molar-refractivity contribution in [3.63, 3.8) is 0 Å². The van der Waals surface area contributed by atoms with Gasteiger partial charge in [0.1, 0.15) is 16.7 Å². The summed E-state index contributed by atoms with van der Waals surface area (Å²) in [6.45, 7) is 0. The van der Waals surface area contributed by atoms with Gasteiger partial charge in [-0.2, -0.15) is 5.10 Å². The molecule has 3 N–H and O–H groups in total. The number of benzene rings is 1. The molecule has 0 radical (unpaired) electrons. The smallest absolute Gasteiger partial charge is 0.134 e. The van der Waals surface area contributed by atoms with E-state index < -0.39 is 0 Å². The zero-order valence-electron chi connectivity index (χ0n) is 8.72. The van der Waals surface area contributed by atoms with E-state index >= 15 is 0 Å². The Balaban J connectivity index is 2.33. The maximum atomic E-state index is 13.0. The van der Waals surface area contributed by atoms with Crippen LogP contribution in [-0.4, -0.2) is 16.0 Å². The van der Waals surface area contributed by atoms with Gasteiger partial charge in [-0.15, -0.1) is 5.10 Å². The molecule has 4 nitrogen and oxygen atoms in total. The van der Waals surface area contributed by atoms with Gasteiger partial charge in [0.2, 0.25) is 0 Å². The number of nitrogen functional groups attached to an aromatic ring is 1. The average Bonchev–Trinajstić information content (AvgIpc) is 2.29. The first kappa shape index (κ1) is 11.5. The molecule has 0 aliphatic heterocycles. The molecule has 1 aromatic heterocycles. The highest BCUT2D eigenvalue weighted by Crippen LogP contribution is 2.28. The molecule has 0 aliphatic carbocycles. The molecule has 0 saturated heterocycles. The van der Waals surface area contributed by atoms with E-state index in [1.165, 1.54) is 30.1 Å². The van der Waals surface area contributed by atoms with E-state index in [-0.39, 0.29) is 11.7 Å². The topological polar surface area (TPSA) is 75.7 Å². The van der Waals surface area contributed by atoms with Gasteiger partial charge in [-0.05, 0) is 24.3 Å². The van der Waals surface area contributed by atoms with Crippen LogP contribution in [0.15, 0.2) is 46.5 Å². The molecule has 1 aromatic carbocycles. The third-order valence-electron chi connectivity index (χ3n) is 1.99. The maximum Gasteiger partial charge on any atom is 0.134 e. The average molecular weight is 248 g/mol. The number of amidine groups is 1. The van der Waals surface area contributed by atoms with Crippen molar-refractivity contribution in [2.75, 3.05) is 0 Å². The van der Waals surface area contributed by atoms with Crippen LogP contribution in [0.4, 0.5) is 4.39 Å². The normalized spacial score (nSPS) is 10.2. The van der Waals surface area contributed by atoms with Gasteiger partial charge in [0.25, 0.3) is 0 Å². The van der Waals surface area contributed by atoms with Crippen LogP contribution in [0.3, 0.4) is 0 Å². The molecular formula is C11H9FN4S. The van der Waals surface area contributed by atoms with Crippen LogP contribution in [0.25, 0.3) is 0 Å². The number of rotatable bonds is 3. The van der Waals surface area contributed by atoms with Crippen LogP contribution in [0.5, 0.6) is 0 Å². The molecule has 6 heteroatoms. The standard InChI is InChI=1S/C11H9FN4S/c12-7-2-1-3-8(6-7)17-11-9(10(13)14)4-5-15-16-11/h1-6H,(H3,13,14). The summed E-state index contributed by atoms with van der Waals surface area (Å²) in [5.41, 5.74) is 5.92. The number of hydrogen-bond donors (Lipinski definition) is 2. The third-order valence-corrected chi connectivity index (χ3v) is 2.97. The largest absolute Gasteiger partial charge is 0.384 e. The Hall–Kier alpha value is -1.95. The van der Waals surface area contributed by atoms with Gasteiger partial charge in [-0.25, -0.2) is 4.39 Å². The van der Waals surface area contributed by atoms with E-state index in [2.05, 4.69) is 10.2 Å². The molecule has 1 heterocycles. The van der Waals surface area contributed by atoms with Crippen molar-refractivity contribution in [1.82, 2.24) is 10.2 Å². The number of hydrogen-bond acceptors (Lipinski definition) is 4. The molecule has 2 aromatic rings. The van der Waals surface area contributed by atoms with Gasteiger partial charge >= 0.3 is 0 Å². The van der Waals surface area contributed by atoms with E-state index in [1.807, 2.05) is 0 Å². The van der Waals surface area contributed by atoms with E-state index in [9.17, 15) is 4.39 Å². The number of aromatic nitrogens is 2. The second-order valence-corrected chi connectivity index (χ2v) is 4.29. The Morgan fingerprint density at radius 3 is 2.88 bits per heavy atom. The number of nitrogens with zero attached hydrogens (tertiary/aromatic N) is 2. The molecule has 0 bridgehead atoms. The Morgan fingerprint density at radius 2 is 2.18 bits per heavy atom. The van der Waals surface area contributed by atoms with Crippen molar-refractivity contribution < 1.29 is 4.39 Å². The SMILES string of the molecule is N=C(N)c1ccnnc1Sc1cccc(F)c1. The molecule has 86 valence electrons. The van der Waals surface area contributed by atoms with E-state index in [4.69, 9.17) is 11.1 Å². The van der Waals surface area contributed by atoms with E-state index in [1.54, 1.807) is 18.2 Å². The van der Waals surface area contributed by atoms with E-state index in [0.717, 1.165) is 0 Å². The lowest BCUT2D eigenvalue weighted by atomic mass is 10.3. The number of nitrogens with two attached hydrogens (primary N) is 1.